The van der Waals surface area contributed by atoms with Crippen molar-refractivity contribution in [1.29, 1.82) is 0 Å². The van der Waals surface area contributed by atoms with Crippen molar-refractivity contribution in [2.75, 3.05) is 19.4 Å². The third-order valence-electron chi connectivity index (χ3n) is 3.04. The number of rotatable bonds is 9. The van der Waals surface area contributed by atoms with Gasteiger partial charge in [-0.3, -0.25) is 9.59 Å². The fourth-order valence-electron chi connectivity index (χ4n) is 1.87. The summed E-state index contributed by atoms with van der Waals surface area (Å²) >= 11 is 0. The first kappa shape index (κ1) is 16.7. The molecule has 4 nitrogen and oxygen atoms in total. The first-order valence-corrected chi connectivity index (χ1v) is 9.22. The van der Waals surface area contributed by atoms with E-state index in [-0.39, 0.29) is 24.7 Å². The molecule has 110 valence electrons. The van der Waals surface area contributed by atoms with E-state index in [0.717, 1.165) is 11.7 Å². The smallest absolute Gasteiger partial charge is 0.306 e. The lowest BCUT2D eigenvalue weighted by molar-refractivity contribution is -0.142. The summed E-state index contributed by atoms with van der Waals surface area (Å²) in [5, 5.41) is 3.68. The number of nitrogens with one attached hydrogen (secondary N) is 1. The van der Waals surface area contributed by atoms with E-state index in [2.05, 4.69) is 10.1 Å². The van der Waals surface area contributed by atoms with Crippen LogP contribution in [0.15, 0.2) is 0 Å². The summed E-state index contributed by atoms with van der Waals surface area (Å²) in [4.78, 5) is 22.2. The molecule has 0 aromatic rings. The van der Waals surface area contributed by atoms with Crippen molar-refractivity contribution in [3.05, 3.63) is 0 Å². The van der Waals surface area contributed by atoms with Crippen LogP contribution in [0.25, 0.3) is 0 Å². The zero-order valence-corrected chi connectivity index (χ0v) is 13.1. The van der Waals surface area contributed by atoms with E-state index in [1.54, 1.807) is 0 Å². The van der Waals surface area contributed by atoms with Gasteiger partial charge in [-0.2, -0.15) is 0 Å². The third-order valence-corrected chi connectivity index (χ3v) is 6.04. The molecular weight excluding hydrogens is 282 g/mol. The minimum Gasteiger partial charge on any atom is -0.469 e. The summed E-state index contributed by atoms with van der Waals surface area (Å²) in [5.41, 5.74) is 0. The molecule has 1 unspecified atom stereocenters. The van der Waals surface area contributed by atoms with Crippen molar-refractivity contribution in [3.63, 3.8) is 0 Å². The summed E-state index contributed by atoms with van der Waals surface area (Å²) < 4.78 is 4.48. The van der Waals surface area contributed by atoms with Gasteiger partial charge in [-0.05, 0) is 19.3 Å². The normalized spacial score (nSPS) is 18.3. The Morgan fingerprint density at radius 3 is 2.79 bits per heavy atom. The Balaban J connectivity index is 1.86. The average molecular weight is 305 g/mol. The van der Waals surface area contributed by atoms with Gasteiger partial charge >= 0.3 is 5.97 Å². The van der Waals surface area contributed by atoms with Gasteiger partial charge < -0.3 is 10.1 Å². The molecule has 1 N–H and O–H groups in total. The van der Waals surface area contributed by atoms with Crippen LogP contribution in [-0.2, 0) is 14.3 Å². The van der Waals surface area contributed by atoms with Gasteiger partial charge in [-0.25, -0.2) is 0 Å². The number of esters is 1. The van der Waals surface area contributed by atoms with Crippen molar-refractivity contribution in [3.8, 4) is 0 Å². The number of hydrogen-bond donors (Lipinski definition) is 1. The predicted molar refractivity (Wildman–Crippen MR) is 81.2 cm³/mol. The molecule has 1 amide bonds. The molecule has 1 aliphatic rings. The maximum Gasteiger partial charge on any atom is 0.306 e. The van der Waals surface area contributed by atoms with Gasteiger partial charge in [-0.1, -0.05) is 34.4 Å². The number of ether oxygens (including phenoxy) is 1. The summed E-state index contributed by atoms with van der Waals surface area (Å²) in [6.07, 6.45) is 6.47. The van der Waals surface area contributed by atoms with Crippen molar-refractivity contribution < 1.29 is 14.3 Å². The van der Waals surface area contributed by atoms with Crippen molar-refractivity contribution in [1.82, 2.24) is 5.32 Å². The van der Waals surface area contributed by atoms with Crippen molar-refractivity contribution in [2.45, 2.75) is 50.2 Å². The maximum absolute atomic E-state index is 11.4. The molecule has 1 rings (SSSR count). The molecule has 1 aliphatic heterocycles. The van der Waals surface area contributed by atoms with Gasteiger partial charge in [-0.15, -0.1) is 0 Å². The van der Waals surface area contributed by atoms with E-state index in [1.165, 1.54) is 38.5 Å². The van der Waals surface area contributed by atoms with Gasteiger partial charge in [0.15, 0.2) is 0 Å². The highest BCUT2D eigenvalue weighted by Crippen LogP contribution is 2.39. The Morgan fingerprint density at radius 1 is 1.26 bits per heavy atom. The summed E-state index contributed by atoms with van der Waals surface area (Å²) in [5.74, 6) is 0.904. The first-order valence-electron chi connectivity index (χ1n) is 6.84. The molecule has 6 heteroatoms. The van der Waals surface area contributed by atoms with Crippen LogP contribution in [0.4, 0.5) is 0 Å². The Bertz CT molecular complexity index is 281. The molecule has 1 atom stereocenters. The second-order valence-electron chi connectivity index (χ2n) is 4.60. The number of carbonyl (C=O) groups is 2. The van der Waals surface area contributed by atoms with E-state index in [0.29, 0.717) is 6.54 Å². The summed E-state index contributed by atoms with van der Waals surface area (Å²) in [6, 6.07) is 0. The van der Waals surface area contributed by atoms with Crippen LogP contribution in [0.5, 0.6) is 0 Å². The van der Waals surface area contributed by atoms with Crippen LogP contribution in [0.3, 0.4) is 0 Å². The first-order chi connectivity index (χ1) is 9.22. The summed E-state index contributed by atoms with van der Waals surface area (Å²) in [7, 11) is 5.35. The van der Waals surface area contributed by atoms with Gasteiger partial charge in [0.2, 0.25) is 5.91 Å². The van der Waals surface area contributed by atoms with Crippen LogP contribution in [0, 0.1) is 0 Å². The van der Waals surface area contributed by atoms with Crippen LogP contribution < -0.4 is 5.32 Å². The van der Waals surface area contributed by atoms with E-state index in [4.69, 9.17) is 0 Å². The molecule has 0 radical (unpaired) electrons. The second-order valence-corrected chi connectivity index (χ2v) is 7.39. The molecule has 0 aromatic carbocycles. The minimum atomic E-state index is -0.331. The number of methoxy groups -OCH3 is 1. The Labute approximate surface area is 123 Å². The zero-order valence-electron chi connectivity index (χ0n) is 11.5. The van der Waals surface area contributed by atoms with Gasteiger partial charge in [0.05, 0.1) is 13.5 Å². The largest absolute Gasteiger partial charge is 0.469 e. The fraction of sp³-hybridized carbons (Fsp3) is 0.846. The van der Waals surface area contributed by atoms with Crippen molar-refractivity contribution in [2.24, 2.45) is 0 Å². The maximum atomic E-state index is 11.4. The monoisotopic (exact) mass is 305 g/mol. The number of hydrogen-bond acceptors (Lipinski definition) is 5. The highest BCUT2D eigenvalue weighted by Gasteiger charge is 2.15. The molecular formula is C13H23NO3S2. The molecule has 1 heterocycles. The zero-order chi connectivity index (χ0) is 13.9. The molecule has 0 saturated carbocycles. The quantitative estimate of drug-likeness (QED) is 0.403. The predicted octanol–water partition coefficient (Wildman–Crippen LogP) is 2.77. The fourth-order valence-corrected chi connectivity index (χ4v) is 4.90. The lowest BCUT2D eigenvalue weighted by Crippen LogP contribution is -2.25. The van der Waals surface area contributed by atoms with Crippen LogP contribution >= 0.6 is 21.6 Å². The molecule has 0 bridgehead atoms. The highest BCUT2D eigenvalue weighted by molar-refractivity contribution is 8.77. The standard InChI is InChI=1S/C13H23NO3S2/c1-17-13(16)7-6-12(15)14-9-4-2-3-5-11-8-10-18-19-11/h11H,2-10H2,1H3,(H,14,15). The topological polar surface area (TPSA) is 55.4 Å². The SMILES string of the molecule is COC(=O)CCC(=O)NCCCCCC1CCSS1. The molecule has 1 saturated heterocycles. The molecule has 0 aliphatic carbocycles. The van der Waals surface area contributed by atoms with E-state index in [1.807, 2.05) is 21.6 Å². The second kappa shape index (κ2) is 10.4. The Hall–Kier alpha value is -0.360. The molecule has 1 fully saturated rings. The highest BCUT2D eigenvalue weighted by atomic mass is 33.1. The van der Waals surface area contributed by atoms with Gasteiger partial charge in [0.25, 0.3) is 0 Å². The Morgan fingerprint density at radius 2 is 2.11 bits per heavy atom. The average Bonchev–Trinajstić information content (AvgIpc) is 2.93. The van der Waals surface area contributed by atoms with E-state index >= 15 is 0 Å². The number of amides is 1. The van der Waals surface area contributed by atoms with Crippen molar-refractivity contribution >= 4 is 33.5 Å². The lowest BCUT2D eigenvalue weighted by Gasteiger charge is -2.07. The Kier molecular flexibility index (Phi) is 9.16. The minimum absolute atomic E-state index is 0.0619. The van der Waals surface area contributed by atoms with Crippen LogP contribution in [0.1, 0.15) is 44.9 Å². The lowest BCUT2D eigenvalue weighted by atomic mass is 10.1. The van der Waals surface area contributed by atoms with Crippen LogP contribution in [0.2, 0.25) is 0 Å². The van der Waals surface area contributed by atoms with Gasteiger partial charge in [0, 0.05) is 24.0 Å². The number of carbonyl (C=O) groups excluding carboxylic acids is 2. The van der Waals surface area contributed by atoms with E-state index in [9.17, 15) is 9.59 Å². The van der Waals surface area contributed by atoms with Gasteiger partial charge in [0.1, 0.15) is 0 Å². The third kappa shape index (κ3) is 8.42. The molecule has 19 heavy (non-hydrogen) atoms. The number of unbranched alkanes of at least 4 members (excludes halogenated alkanes) is 2. The molecule has 0 aromatic heterocycles. The molecule has 0 spiro atoms. The van der Waals surface area contributed by atoms with Crippen LogP contribution in [-0.4, -0.2) is 36.5 Å². The van der Waals surface area contributed by atoms with E-state index < -0.39 is 0 Å². The summed E-state index contributed by atoms with van der Waals surface area (Å²) in [6.45, 7) is 0.715.